The molecular weight excluding hydrogens is 124 g/mol. The van der Waals surface area contributed by atoms with Crippen LogP contribution in [0.15, 0.2) is 12.2 Å². The maximum Gasteiger partial charge on any atom is 0.0261 e. The third kappa shape index (κ3) is 0.724. The number of nitrogens with two attached hydrogens (primary N) is 2. The maximum atomic E-state index is 5.89. The lowest BCUT2D eigenvalue weighted by atomic mass is 9.70. The Balaban J connectivity index is 2.25. The Bertz CT molecular complexity index is 147. The van der Waals surface area contributed by atoms with E-state index in [9.17, 15) is 0 Å². The largest absolute Gasteiger partial charge is 0.326 e. The van der Waals surface area contributed by atoms with Crippen molar-refractivity contribution in [2.75, 3.05) is 0 Å². The number of hydrogen-bond donors (Lipinski definition) is 2. The molecule has 0 saturated heterocycles. The number of rotatable bonds is 0. The molecule has 1 fully saturated rings. The highest BCUT2D eigenvalue weighted by molar-refractivity contribution is 5.13. The van der Waals surface area contributed by atoms with Crippen molar-refractivity contribution >= 4 is 0 Å². The molecule has 3 rings (SSSR count). The van der Waals surface area contributed by atoms with E-state index in [0.717, 1.165) is 0 Å². The molecule has 56 valence electrons. The van der Waals surface area contributed by atoms with Crippen molar-refractivity contribution in [3.05, 3.63) is 12.2 Å². The second-order valence-corrected chi connectivity index (χ2v) is 3.44. The highest BCUT2D eigenvalue weighted by Gasteiger charge is 2.35. The summed E-state index contributed by atoms with van der Waals surface area (Å²) in [5.41, 5.74) is 11.8. The summed E-state index contributed by atoms with van der Waals surface area (Å²) in [5, 5.41) is 0. The van der Waals surface area contributed by atoms with E-state index in [1.165, 1.54) is 12.8 Å². The van der Waals surface area contributed by atoms with Gasteiger partial charge in [-0.25, -0.2) is 0 Å². The smallest absolute Gasteiger partial charge is 0.0261 e. The maximum absolute atomic E-state index is 5.89. The van der Waals surface area contributed by atoms with Crippen LogP contribution in [0.25, 0.3) is 0 Å². The van der Waals surface area contributed by atoms with E-state index in [1.54, 1.807) is 0 Å². The van der Waals surface area contributed by atoms with Crippen LogP contribution in [-0.4, -0.2) is 12.1 Å². The molecule has 3 aliphatic carbocycles. The topological polar surface area (TPSA) is 52.0 Å². The predicted molar refractivity (Wildman–Crippen MR) is 41.3 cm³/mol. The molecule has 0 heterocycles. The van der Waals surface area contributed by atoms with Gasteiger partial charge in [0.1, 0.15) is 0 Å². The summed E-state index contributed by atoms with van der Waals surface area (Å²) in [7, 11) is 0. The molecule has 0 aliphatic heterocycles. The van der Waals surface area contributed by atoms with Crippen LogP contribution in [0, 0.1) is 11.8 Å². The second kappa shape index (κ2) is 2.07. The summed E-state index contributed by atoms with van der Waals surface area (Å²) >= 11 is 0. The molecule has 0 spiro atoms. The summed E-state index contributed by atoms with van der Waals surface area (Å²) in [6.07, 6.45) is 6.97. The lowest BCUT2D eigenvalue weighted by molar-refractivity contribution is 0.244. The minimum absolute atomic E-state index is 0.226. The molecular formula is C8H14N2. The van der Waals surface area contributed by atoms with Gasteiger partial charge in [-0.15, -0.1) is 0 Å². The first kappa shape index (κ1) is 6.38. The fourth-order valence-electron chi connectivity index (χ4n) is 2.08. The first-order chi connectivity index (χ1) is 4.79. The fraction of sp³-hybridized carbons (Fsp3) is 0.750. The van der Waals surface area contributed by atoms with Crippen LogP contribution in [-0.2, 0) is 0 Å². The Hall–Kier alpha value is -0.340. The van der Waals surface area contributed by atoms with Crippen LogP contribution in [0.2, 0.25) is 0 Å². The molecule has 0 amide bonds. The molecule has 0 radical (unpaired) electrons. The zero-order valence-corrected chi connectivity index (χ0v) is 6.03. The third-order valence-corrected chi connectivity index (χ3v) is 2.87. The molecule has 0 aromatic carbocycles. The number of hydrogen-bond acceptors (Lipinski definition) is 2. The van der Waals surface area contributed by atoms with Crippen molar-refractivity contribution in [3.8, 4) is 0 Å². The summed E-state index contributed by atoms with van der Waals surface area (Å²) in [4.78, 5) is 0. The SMILES string of the molecule is N[C@@H]1[C@H](N)[C@@H]2C=C[C@H]1CC2. The van der Waals surface area contributed by atoms with Crippen molar-refractivity contribution in [1.82, 2.24) is 0 Å². The lowest BCUT2D eigenvalue weighted by Gasteiger charge is -2.41. The summed E-state index contributed by atoms with van der Waals surface area (Å²) < 4.78 is 0. The molecule has 2 nitrogen and oxygen atoms in total. The summed E-state index contributed by atoms with van der Waals surface area (Å²) in [5.74, 6) is 1.14. The zero-order chi connectivity index (χ0) is 7.14. The van der Waals surface area contributed by atoms with Gasteiger partial charge in [0.15, 0.2) is 0 Å². The van der Waals surface area contributed by atoms with E-state index in [0.29, 0.717) is 11.8 Å². The highest BCUT2D eigenvalue weighted by Crippen LogP contribution is 2.34. The van der Waals surface area contributed by atoms with Gasteiger partial charge in [0, 0.05) is 12.1 Å². The van der Waals surface area contributed by atoms with Gasteiger partial charge in [0.05, 0.1) is 0 Å². The van der Waals surface area contributed by atoms with E-state index in [-0.39, 0.29) is 12.1 Å². The van der Waals surface area contributed by atoms with Crippen molar-refractivity contribution in [2.24, 2.45) is 23.3 Å². The Morgan fingerprint density at radius 2 is 1.30 bits per heavy atom. The van der Waals surface area contributed by atoms with E-state index < -0.39 is 0 Å². The van der Waals surface area contributed by atoms with E-state index in [2.05, 4.69) is 12.2 Å². The van der Waals surface area contributed by atoms with E-state index in [4.69, 9.17) is 11.5 Å². The molecule has 0 aromatic rings. The predicted octanol–water partition coefficient (Wildman–Crippen LogP) is 0.237. The monoisotopic (exact) mass is 138 g/mol. The first-order valence-electron chi connectivity index (χ1n) is 3.98. The standard InChI is InChI=1S/C8H14N2/c9-7-5-1-2-6(4-3-5)8(7)10/h1-2,5-8H,3-4,9-10H2/t5-,6+,7-,8+. The summed E-state index contributed by atoms with van der Waals surface area (Å²) in [6, 6.07) is 0.451. The Morgan fingerprint density at radius 3 is 1.50 bits per heavy atom. The number of fused-ring (bicyclic) bond motifs is 2. The Kier molecular flexibility index (Phi) is 1.32. The van der Waals surface area contributed by atoms with Crippen molar-refractivity contribution in [2.45, 2.75) is 24.9 Å². The van der Waals surface area contributed by atoms with Crippen molar-refractivity contribution in [1.29, 1.82) is 0 Å². The van der Waals surface area contributed by atoms with Gasteiger partial charge >= 0.3 is 0 Å². The quantitative estimate of drug-likeness (QED) is 0.471. The van der Waals surface area contributed by atoms with Gasteiger partial charge < -0.3 is 11.5 Å². The van der Waals surface area contributed by atoms with Gasteiger partial charge in [-0.2, -0.15) is 0 Å². The van der Waals surface area contributed by atoms with Gasteiger partial charge in [-0.1, -0.05) is 12.2 Å². The van der Waals surface area contributed by atoms with Crippen LogP contribution < -0.4 is 11.5 Å². The minimum atomic E-state index is 0.226. The molecule has 0 aromatic heterocycles. The van der Waals surface area contributed by atoms with Crippen LogP contribution in [0.3, 0.4) is 0 Å². The minimum Gasteiger partial charge on any atom is -0.326 e. The average Bonchev–Trinajstić information content (AvgIpc) is 2.00. The third-order valence-electron chi connectivity index (χ3n) is 2.87. The summed E-state index contributed by atoms with van der Waals surface area (Å²) in [6.45, 7) is 0. The van der Waals surface area contributed by atoms with Gasteiger partial charge in [0.2, 0.25) is 0 Å². The molecule has 3 aliphatic rings. The molecule has 0 unspecified atom stereocenters. The highest BCUT2D eigenvalue weighted by atomic mass is 14.8. The lowest BCUT2D eigenvalue weighted by Crippen LogP contribution is -2.55. The normalized spacial score (nSPS) is 51.8. The molecule has 2 heteroatoms. The van der Waals surface area contributed by atoms with Crippen LogP contribution >= 0.6 is 0 Å². The first-order valence-corrected chi connectivity index (χ1v) is 3.98. The second-order valence-electron chi connectivity index (χ2n) is 3.44. The Morgan fingerprint density at radius 1 is 0.900 bits per heavy atom. The average molecular weight is 138 g/mol. The van der Waals surface area contributed by atoms with Crippen LogP contribution in [0.4, 0.5) is 0 Å². The van der Waals surface area contributed by atoms with Crippen molar-refractivity contribution < 1.29 is 0 Å². The van der Waals surface area contributed by atoms with Gasteiger partial charge in [-0.3, -0.25) is 0 Å². The zero-order valence-electron chi connectivity index (χ0n) is 6.03. The Labute approximate surface area is 61.3 Å². The van der Waals surface area contributed by atoms with Gasteiger partial charge in [-0.05, 0) is 24.7 Å². The van der Waals surface area contributed by atoms with E-state index >= 15 is 0 Å². The van der Waals surface area contributed by atoms with Crippen LogP contribution in [0.1, 0.15) is 12.8 Å². The molecule has 2 bridgehead atoms. The van der Waals surface area contributed by atoms with Crippen molar-refractivity contribution in [3.63, 3.8) is 0 Å². The molecule has 4 N–H and O–H groups in total. The van der Waals surface area contributed by atoms with Gasteiger partial charge in [0.25, 0.3) is 0 Å². The molecule has 4 atom stereocenters. The molecule has 1 saturated carbocycles. The van der Waals surface area contributed by atoms with E-state index in [1.807, 2.05) is 0 Å². The molecule has 10 heavy (non-hydrogen) atoms. The fourth-order valence-corrected chi connectivity index (χ4v) is 2.08. The van der Waals surface area contributed by atoms with Crippen LogP contribution in [0.5, 0.6) is 0 Å².